The SMILES string of the molecule is COc1ccc2c(c1)C1(CCN(Cc3cccc(Cl)c3)CC1)CN2C(=O)c1ccc(F)cc1. The number of carbonyl (C=O) groups excluding carboxylic acids is 1. The number of fused-ring (bicyclic) bond motifs is 2. The highest BCUT2D eigenvalue weighted by molar-refractivity contribution is 6.30. The molecule has 2 aliphatic rings. The van der Waals surface area contributed by atoms with Crippen molar-refractivity contribution in [1.29, 1.82) is 0 Å². The second-order valence-corrected chi connectivity index (χ2v) is 9.40. The first-order chi connectivity index (χ1) is 16.0. The molecule has 0 aliphatic carbocycles. The van der Waals surface area contributed by atoms with Gasteiger partial charge in [-0.15, -0.1) is 0 Å². The van der Waals surface area contributed by atoms with Gasteiger partial charge in [-0.1, -0.05) is 23.7 Å². The summed E-state index contributed by atoms with van der Waals surface area (Å²) in [5.74, 6) is 0.354. The molecule has 2 heterocycles. The normalized spacial score (nSPS) is 17.2. The minimum absolute atomic E-state index is 0.0975. The number of likely N-dealkylation sites (tertiary alicyclic amines) is 1. The lowest BCUT2D eigenvalue weighted by molar-refractivity contribution is 0.0975. The maximum atomic E-state index is 13.4. The predicted octanol–water partition coefficient (Wildman–Crippen LogP) is 5.68. The van der Waals surface area contributed by atoms with Crippen LogP contribution in [0.2, 0.25) is 5.02 Å². The Morgan fingerprint density at radius 1 is 1.06 bits per heavy atom. The summed E-state index contributed by atoms with van der Waals surface area (Å²) in [5, 5.41) is 0.757. The van der Waals surface area contributed by atoms with E-state index < -0.39 is 0 Å². The summed E-state index contributed by atoms with van der Waals surface area (Å²) in [6, 6.07) is 19.7. The molecule has 1 spiro atoms. The van der Waals surface area contributed by atoms with Crippen LogP contribution in [0.3, 0.4) is 0 Å². The Morgan fingerprint density at radius 2 is 1.82 bits per heavy atom. The van der Waals surface area contributed by atoms with Gasteiger partial charge >= 0.3 is 0 Å². The maximum absolute atomic E-state index is 13.4. The zero-order valence-corrected chi connectivity index (χ0v) is 19.3. The number of anilines is 1. The van der Waals surface area contributed by atoms with E-state index in [0.717, 1.165) is 48.9 Å². The predicted molar refractivity (Wildman–Crippen MR) is 129 cm³/mol. The molecule has 0 N–H and O–H groups in total. The minimum atomic E-state index is -0.346. The van der Waals surface area contributed by atoms with E-state index in [0.29, 0.717) is 12.1 Å². The van der Waals surface area contributed by atoms with Gasteiger partial charge in [-0.05, 0) is 91.7 Å². The minimum Gasteiger partial charge on any atom is -0.497 e. The van der Waals surface area contributed by atoms with E-state index in [-0.39, 0.29) is 17.1 Å². The van der Waals surface area contributed by atoms with Crippen molar-refractivity contribution in [1.82, 2.24) is 4.90 Å². The van der Waals surface area contributed by atoms with E-state index >= 15 is 0 Å². The smallest absolute Gasteiger partial charge is 0.258 e. The van der Waals surface area contributed by atoms with Crippen molar-refractivity contribution < 1.29 is 13.9 Å². The van der Waals surface area contributed by atoms with Gasteiger partial charge in [-0.2, -0.15) is 0 Å². The zero-order valence-electron chi connectivity index (χ0n) is 18.6. The van der Waals surface area contributed by atoms with E-state index in [4.69, 9.17) is 16.3 Å². The third kappa shape index (κ3) is 4.23. The van der Waals surface area contributed by atoms with Gasteiger partial charge in [0.1, 0.15) is 11.6 Å². The van der Waals surface area contributed by atoms with Crippen LogP contribution in [0, 0.1) is 5.82 Å². The molecule has 5 rings (SSSR count). The van der Waals surface area contributed by atoms with E-state index in [1.54, 1.807) is 19.2 Å². The number of rotatable bonds is 4. The largest absolute Gasteiger partial charge is 0.497 e. The fourth-order valence-electron chi connectivity index (χ4n) is 5.16. The number of amides is 1. The Balaban J connectivity index is 1.40. The number of benzene rings is 3. The van der Waals surface area contributed by atoms with Crippen LogP contribution in [0.1, 0.15) is 34.3 Å². The summed E-state index contributed by atoms with van der Waals surface area (Å²) in [6.45, 7) is 3.35. The summed E-state index contributed by atoms with van der Waals surface area (Å²) < 4.78 is 18.9. The molecule has 0 atom stereocenters. The molecule has 6 heteroatoms. The molecule has 0 saturated carbocycles. The van der Waals surface area contributed by atoms with Crippen molar-refractivity contribution >= 4 is 23.2 Å². The van der Waals surface area contributed by atoms with Crippen molar-refractivity contribution in [2.45, 2.75) is 24.8 Å². The molecule has 0 aromatic heterocycles. The third-order valence-electron chi connectivity index (χ3n) is 6.97. The summed E-state index contributed by atoms with van der Waals surface area (Å²) in [5.41, 5.74) is 3.67. The van der Waals surface area contributed by atoms with Crippen molar-refractivity contribution in [3.8, 4) is 5.75 Å². The first-order valence-corrected chi connectivity index (χ1v) is 11.6. The highest BCUT2D eigenvalue weighted by Crippen LogP contribution is 2.48. The Bertz CT molecular complexity index is 1170. The molecule has 1 fully saturated rings. The number of hydrogen-bond acceptors (Lipinski definition) is 3. The Kier molecular flexibility index (Phi) is 5.85. The van der Waals surface area contributed by atoms with Crippen molar-refractivity contribution in [2.75, 3.05) is 31.6 Å². The fraction of sp³-hybridized carbons (Fsp3) is 0.296. The number of methoxy groups -OCH3 is 1. The number of nitrogens with zero attached hydrogens (tertiary/aromatic N) is 2. The Morgan fingerprint density at radius 3 is 2.52 bits per heavy atom. The lowest BCUT2D eigenvalue weighted by Crippen LogP contribution is -2.45. The molecule has 33 heavy (non-hydrogen) atoms. The lowest BCUT2D eigenvalue weighted by atomic mass is 9.74. The van der Waals surface area contributed by atoms with Gasteiger partial charge in [0.25, 0.3) is 5.91 Å². The standard InChI is InChI=1S/C27H26ClFN2O2/c1-33-23-9-10-25-24(16-23)27(18-31(25)26(32)20-5-7-22(29)8-6-20)11-13-30(14-12-27)17-19-3-2-4-21(28)15-19/h2-10,15-16H,11-14,17-18H2,1H3. The van der Waals surface area contributed by atoms with Crippen LogP contribution in [0.4, 0.5) is 10.1 Å². The second kappa shape index (κ2) is 8.81. The van der Waals surface area contributed by atoms with Crippen molar-refractivity contribution in [3.05, 3.63) is 94.3 Å². The van der Waals surface area contributed by atoms with Crippen LogP contribution in [-0.2, 0) is 12.0 Å². The zero-order chi connectivity index (χ0) is 23.0. The van der Waals surface area contributed by atoms with Gasteiger partial charge in [0.2, 0.25) is 0 Å². The molecule has 3 aromatic carbocycles. The molecular formula is C27H26ClFN2O2. The number of piperidine rings is 1. The molecule has 3 aromatic rings. The monoisotopic (exact) mass is 464 g/mol. The summed E-state index contributed by atoms with van der Waals surface area (Å²) in [7, 11) is 1.67. The molecule has 170 valence electrons. The van der Waals surface area contributed by atoms with Crippen LogP contribution in [0.15, 0.2) is 66.7 Å². The first-order valence-electron chi connectivity index (χ1n) is 11.2. The van der Waals surface area contributed by atoms with Crippen molar-refractivity contribution in [3.63, 3.8) is 0 Å². The van der Waals surface area contributed by atoms with Gasteiger partial charge < -0.3 is 9.64 Å². The topological polar surface area (TPSA) is 32.8 Å². The molecule has 0 bridgehead atoms. The quantitative estimate of drug-likeness (QED) is 0.498. The number of carbonyl (C=O) groups is 1. The molecule has 2 aliphatic heterocycles. The molecule has 4 nitrogen and oxygen atoms in total. The first kappa shape index (κ1) is 21.9. The van der Waals surface area contributed by atoms with Crippen LogP contribution in [0.5, 0.6) is 5.75 Å². The van der Waals surface area contributed by atoms with Crippen LogP contribution in [-0.4, -0.2) is 37.6 Å². The summed E-state index contributed by atoms with van der Waals surface area (Å²) >= 11 is 6.16. The number of hydrogen-bond donors (Lipinski definition) is 0. The molecule has 0 radical (unpaired) electrons. The van der Waals surface area contributed by atoms with Gasteiger partial charge in [-0.25, -0.2) is 4.39 Å². The van der Waals surface area contributed by atoms with Gasteiger partial charge in [-0.3, -0.25) is 9.69 Å². The van der Waals surface area contributed by atoms with Crippen LogP contribution in [0.25, 0.3) is 0 Å². The summed E-state index contributed by atoms with van der Waals surface area (Å²) in [6.07, 6.45) is 1.89. The lowest BCUT2D eigenvalue weighted by Gasteiger charge is -2.40. The van der Waals surface area contributed by atoms with Crippen molar-refractivity contribution in [2.24, 2.45) is 0 Å². The fourth-order valence-corrected chi connectivity index (χ4v) is 5.38. The third-order valence-corrected chi connectivity index (χ3v) is 7.21. The second-order valence-electron chi connectivity index (χ2n) is 8.97. The van der Waals surface area contributed by atoms with E-state index in [9.17, 15) is 9.18 Å². The van der Waals surface area contributed by atoms with Crippen LogP contribution < -0.4 is 9.64 Å². The molecule has 0 unspecified atom stereocenters. The summed E-state index contributed by atoms with van der Waals surface area (Å²) in [4.78, 5) is 17.7. The number of ether oxygens (including phenoxy) is 1. The Hall–Kier alpha value is -2.89. The molecular weight excluding hydrogens is 439 g/mol. The van der Waals surface area contributed by atoms with E-state index in [2.05, 4.69) is 17.0 Å². The average Bonchev–Trinajstić information content (AvgIpc) is 3.14. The number of halogens is 2. The maximum Gasteiger partial charge on any atom is 0.258 e. The highest BCUT2D eigenvalue weighted by Gasteiger charge is 2.46. The average molecular weight is 465 g/mol. The van der Waals surface area contributed by atoms with Gasteiger partial charge in [0.15, 0.2) is 0 Å². The van der Waals surface area contributed by atoms with E-state index in [1.807, 2.05) is 35.2 Å². The van der Waals surface area contributed by atoms with Gasteiger partial charge in [0, 0.05) is 34.8 Å². The molecule has 1 saturated heterocycles. The Labute approximate surface area is 198 Å². The van der Waals surface area contributed by atoms with E-state index in [1.165, 1.54) is 23.3 Å². The molecule has 1 amide bonds. The highest BCUT2D eigenvalue weighted by atomic mass is 35.5. The van der Waals surface area contributed by atoms with Gasteiger partial charge in [0.05, 0.1) is 7.11 Å². The van der Waals surface area contributed by atoms with Crippen LogP contribution >= 0.6 is 11.6 Å².